The summed E-state index contributed by atoms with van der Waals surface area (Å²) in [6, 6.07) is 16.3. The number of aryl methyl sites for hydroxylation is 1. The predicted octanol–water partition coefficient (Wildman–Crippen LogP) is 5.84. The van der Waals surface area contributed by atoms with E-state index in [2.05, 4.69) is 5.32 Å². The second kappa shape index (κ2) is 11.1. The number of hydrogen-bond donors (Lipinski definition) is 2. The van der Waals surface area contributed by atoms with Crippen LogP contribution in [0.1, 0.15) is 60.2 Å². The Morgan fingerprint density at radius 2 is 1.77 bits per heavy atom. The molecule has 2 aliphatic rings. The first kappa shape index (κ1) is 27.3. The summed E-state index contributed by atoms with van der Waals surface area (Å²) in [5.41, 5.74) is 1.93. The van der Waals surface area contributed by atoms with Crippen molar-refractivity contribution in [3.63, 3.8) is 0 Å². The van der Waals surface area contributed by atoms with Gasteiger partial charge in [0.2, 0.25) is 5.78 Å². The van der Waals surface area contributed by atoms with Crippen LogP contribution in [0, 0.1) is 12.7 Å². The summed E-state index contributed by atoms with van der Waals surface area (Å²) < 4.78 is 19.3. The fourth-order valence-electron chi connectivity index (χ4n) is 5.14. The maximum absolute atomic E-state index is 13.5. The quantitative estimate of drug-likeness (QED) is 0.258. The van der Waals surface area contributed by atoms with E-state index < -0.39 is 23.5 Å². The number of hydrogen-bond acceptors (Lipinski definition) is 5. The van der Waals surface area contributed by atoms with Crippen molar-refractivity contribution in [2.24, 2.45) is 0 Å². The third kappa shape index (κ3) is 5.86. The Labute approximate surface area is 232 Å². The lowest BCUT2D eigenvalue weighted by Gasteiger charge is -2.43. The van der Waals surface area contributed by atoms with Crippen LogP contribution < -0.4 is 10.1 Å². The van der Waals surface area contributed by atoms with E-state index in [9.17, 15) is 19.1 Å². The molecule has 1 saturated heterocycles. The molecule has 3 aromatic rings. The maximum Gasteiger partial charge on any atom is 0.293 e. The number of Topliss-reactive ketones (excluding diaryl/α,β-unsaturated/α-hetero) is 1. The number of ketones is 1. The van der Waals surface area contributed by atoms with E-state index >= 15 is 0 Å². The molecule has 2 N–H and O–H groups in total. The zero-order chi connectivity index (χ0) is 27.7. The number of nitrogens with zero attached hydrogens (tertiary/aromatic N) is 1. The number of aliphatic hydroxyl groups is 1. The fraction of sp³-hybridized carbons (Fsp3) is 0.355. The van der Waals surface area contributed by atoms with Crippen LogP contribution in [-0.4, -0.2) is 46.6 Å². The predicted molar refractivity (Wildman–Crippen MR) is 148 cm³/mol. The van der Waals surface area contributed by atoms with Crippen molar-refractivity contribution in [3.05, 3.63) is 88.2 Å². The minimum atomic E-state index is -1.24. The van der Waals surface area contributed by atoms with Gasteiger partial charge in [-0.2, -0.15) is 0 Å². The Morgan fingerprint density at radius 3 is 2.38 bits per heavy atom. The summed E-state index contributed by atoms with van der Waals surface area (Å²) in [7, 11) is 0. The minimum absolute atomic E-state index is 0.187. The number of carbonyl (C=O) groups is 2. The lowest BCUT2D eigenvalue weighted by Crippen LogP contribution is -2.62. The van der Waals surface area contributed by atoms with E-state index in [0.717, 1.165) is 42.4 Å². The number of likely N-dealkylation sites (tertiary alicyclic amines) is 1. The van der Waals surface area contributed by atoms with Crippen molar-refractivity contribution in [1.29, 1.82) is 0 Å². The summed E-state index contributed by atoms with van der Waals surface area (Å²) >= 11 is 6.46. The fourth-order valence-corrected chi connectivity index (χ4v) is 5.38. The number of carbonyl (C=O) groups excluding carboxylic acids is 2. The molecule has 0 bridgehead atoms. The van der Waals surface area contributed by atoms with Gasteiger partial charge in [-0.25, -0.2) is 4.39 Å². The number of nitrogens with one attached hydrogen (secondary N) is 1. The molecule has 0 unspecified atom stereocenters. The van der Waals surface area contributed by atoms with E-state index in [4.69, 9.17) is 16.3 Å². The van der Waals surface area contributed by atoms with E-state index in [1.54, 1.807) is 55.5 Å². The SMILES string of the molecule is Cc1cc(F)ccc1-c1ccc(C(=O)C(=O)N[C@@](C)([C@H](O)c2ccc(OC3CC3)c(Cl)c2)N2CCCC2)cc1. The molecule has 1 aliphatic heterocycles. The summed E-state index contributed by atoms with van der Waals surface area (Å²) in [5, 5.41) is 14.8. The number of rotatable bonds is 9. The second-order valence-corrected chi connectivity index (χ2v) is 11.0. The highest BCUT2D eigenvalue weighted by Gasteiger charge is 2.43. The van der Waals surface area contributed by atoms with Crippen molar-refractivity contribution in [1.82, 2.24) is 10.2 Å². The molecule has 1 heterocycles. The third-order valence-corrected chi connectivity index (χ3v) is 7.90. The van der Waals surface area contributed by atoms with E-state index in [1.165, 1.54) is 12.1 Å². The van der Waals surface area contributed by atoms with Gasteiger partial charge in [0.15, 0.2) is 0 Å². The van der Waals surface area contributed by atoms with Crippen LogP contribution in [0.25, 0.3) is 11.1 Å². The van der Waals surface area contributed by atoms with Crippen molar-refractivity contribution >= 4 is 23.3 Å². The molecule has 3 aromatic carbocycles. The van der Waals surface area contributed by atoms with Crippen LogP contribution in [0.2, 0.25) is 5.02 Å². The number of amides is 1. The van der Waals surface area contributed by atoms with Crippen LogP contribution >= 0.6 is 11.6 Å². The number of benzene rings is 3. The van der Waals surface area contributed by atoms with Crippen molar-refractivity contribution in [3.8, 4) is 16.9 Å². The lowest BCUT2D eigenvalue weighted by molar-refractivity contribution is -0.125. The van der Waals surface area contributed by atoms with Crippen LogP contribution in [0.15, 0.2) is 60.7 Å². The molecule has 204 valence electrons. The highest BCUT2D eigenvalue weighted by atomic mass is 35.5. The normalized spacial score (nSPS) is 17.9. The van der Waals surface area contributed by atoms with E-state index in [-0.39, 0.29) is 17.5 Å². The molecule has 2 atom stereocenters. The molecule has 8 heteroatoms. The van der Waals surface area contributed by atoms with Crippen LogP contribution in [-0.2, 0) is 4.79 Å². The first-order valence-electron chi connectivity index (χ1n) is 13.3. The summed E-state index contributed by atoms with van der Waals surface area (Å²) in [6.45, 7) is 4.89. The average molecular weight is 551 g/mol. The molecule has 5 rings (SSSR count). The van der Waals surface area contributed by atoms with Crippen LogP contribution in [0.3, 0.4) is 0 Å². The van der Waals surface area contributed by atoms with Gasteiger partial charge in [0.1, 0.15) is 23.3 Å². The maximum atomic E-state index is 13.5. The number of halogens is 2. The zero-order valence-electron chi connectivity index (χ0n) is 22.0. The molecule has 0 spiro atoms. The molecule has 0 aromatic heterocycles. The monoisotopic (exact) mass is 550 g/mol. The largest absolute Gasteiger partial charge is 0.489 e. The smallest absolute Gasteiger partial charge is 0.293 e. The van der Waals surface area contributed by atoms with E-state index in [1.807, 2.05) is 11.8 Å². The zero-order valence-corrected chi connectivity index (χ0v) is 22.8. The molecule has 1 amide bonds. The van der Waals surface area contributed by atoms with Gasteiger partial charge in [-0.1, -0.05) is 48.0 Å². The summed E-state index contributed by atoms with van der Waals surface area (Å²) in [4.78, 5) is 28.4. The number of ether oxygens (including phenoxy) is 1. The third-order valence-electron chi connectivity index (χ3n) is 7.60. The van der Waals surface area contributed by atoms with Crippen molar-refractivity contribution < 1.29 is 23.8 Å². The van der Waals surface area contributed by atoms with Crippen LogP contribution in [0.5, 0.6) is 5.75 Å². The number of aliphatic hydroxyl groups excluding tert-OH is 1. The Bertz CT molecular complexity index is 1390. The van der Waals surface area contributed by atoms with Crippen molar-refractivity contribution in [2.75, 3.05) is 13.1 Å². The van der Waals surface area contributed by atoms with Gasteiger partial charge in [-0.15, -0.1) is 0 Å². The van der Waals surface area contributed by atoms with Crippen LogP contribution in [0.4, 0.5) is 4.39 Å². The molecule has 1 saturated carbocycles. The topological polar surface area (TPSA) is 78.9 Å². The molecule has 39 heavy (non-hydrogen) atoms. The first-order chi connectivity index (χ1) is 18.7. The molecule has 2 fully saturated rings. The molecular formula is C31H32ClFN2O4. The Balaban J connectivity index is 1.35. The Hall–Kier alpha value is -3.26. The average Bonchev–Trinajstić information content (AvgIpc) is 3.56. The molecular weight excluding hydrogens is 519 g/mol. The summed E-state index contributed by atoms with van der Waals surface area (Å²) in [6.07, 6.45) is 2.89. The minimum Gasteiger partial charge on any atom is -0.489 e. The van der Waals surface area contributed by atoms with Gasteiger partial charge >= 0.3 is 0 Å². The standard InChI is InChI=1S/C31H32ClFN2O4/c1-19-17-23(33)10-13-25(19)20-5-7-21(8-6-20)28(36)30(38)34-31(2,35-15-3-4-16-35)29(37)22-9-14-27(26(32)18-22)39-24-11-12-24/h5-10,13-14,17-18,24,29,37H,3-4,11-12,15-16H2,1-2H3,(H,34,38)/t29-,31-/m1/s1. The van der Waals surface area contributed by atoms with Gasteiger partial charge in [0.25, 0.3) is 5.91 Å². The van der Waals surface area contributed by atoms with E-state index in [0.29, 0.717) is 29.4 Å². The Morgan fingerprint density at radius 1 is 1.08 bits per heavy atom. The lowest BCUT2D eigenvalue weighted by atomic mass is 9.94. The first-order valence-corrected chi connectivity index (χ1v) is 13.7. The summed E-state index contributed by atoms with van der Waals surface area (Å²) in [5.74, 6) is -1.26. The highest BCUT2D eigenvalue weighted by Crippen LogP contribution is 2.37. The van der Waals surface area contributed by atoms with Gasteiger partial charge in [-0.05, 0) is 86.1 Å². The highest BCUT2D eigenvalue weighted by molar-refractivity contribution is 6.43. The van der Waals surface area contributed by atoms with Gasteiger partial charge in [0.05, 0.1) is 11.1 Å². The van der Waals surface area contributed by atoms with Gasteiger partial charge < -0.3 is 15.2 Å². The van der Waals surface area contributed by atoms with Crippen molar-refractivity contribution in [2.45, 2.75) is 57.4 Å². The molecule has 6 nitrogen and oxygen atoms in total. The van der Waals surface area contributed by atoms with Gasteiger partial charge in [-0.3, -0.25) is 14.5 Å². The molecule has 1 aliphatic carbocycles. The Kier molecular flexibility index (Phi) is 7.76. The van der Waals surface area contributed by atoms with Gasteiger partial charge in [0, 0.05) is 18.7 Å². The second-order valence-electron chi connectivity index (χ2n) is 10.6. The molecule has 0 radical (unpaired) electrons.